The number of amides is 2. The quantitative estimate of drug-likeness (QED) is 0.768. The molecule has 3 N–H and O–H groups in total. The van der Waals surface area contributed by atoms with Gasteiger partial charge in [-0.15, -0.1) is 0 Å². The Balaban J connectivity index is 1.47. The Kier molecular flexibility index (Phi) is 6.56. The fraction of sp³-hybridized carbons (Fsp3) is 0.650. The van der Waals surface area contributed by atoms with Crippen LogP contribution in [0.2, 0.25) is 0 Å². The number of hydrogen-bond donors (Lipinski definition) is 3. The predicted molar refractivity (Wildman–Crippen MR) is 101 cm³/mol. The number of nitrogens with one attached hydrogen (secondary N) is 2. The Morgan fingerprint density at radius 1 is 1.08 bits per heavy atom. The maximum absolute atomic E-state index is 12.1. The Morgan fingerprint density at radius 2 is 1.88 bits per heavy atom. The zero-order chi connectivity index (χ0) is 17.5. The summed E-state index contributed by atoms with van der Waals surface area (Å²) in [5, 5.41) is 15.7. The maximum Gasteiger partial charge on any atom is 0.315 e. The van der Waals surface area contributed by atoms with E-state index in [0.717, 1.165) is 38.8 Å². The smallest absolute Gasteiger partial charge is 0.315 e. The van der Waals surface area contributed by atoms with Gasteiger partial charge in [-0.1, -0.05) is 24.6 Å². The van der Waals surface area contributed by atoms with Crippen LogP contribution >= 0.6 is 0 Å². The van der Waals surface area contributed by atoms with E-state index in [9.17, 15) is 9.90 Å². The average molecular weight is 345 g/mol. The third-order valence-electron chi connectivity index (χ3n) is 5.43. The standard InChI is InChI=1S/C20H31N3O2/c24-18-9-6-7-16(13-18)14-21-20(25)22-15-17-8-2-3-10-19(17)23-11-4-1-5-12-23/h2-3,8,10,16,18,24H,1,4-7,9,11-15H2,(H2,21,22,25)/t16-,18-/m0/s1. The van der Waals surface area contributed by atoms with Crippen LogP contribution in [0.15, 0.2) is 24.3 Å². The van der Waals surface area contributed by atoms with E-state index in [2.05, 4.69) is 33.7 Å². The van der Waals surface area contributed by atoms with Gasteiger partial charge in [-0.25, -0.2) is 4.79 Å². The molecule has 1 aromatic carbocycles. The number of urea groups is 1. The van der Waals surface area contributed by atoms with Crippen molar-refractivity contribution >= 4 is 11.7 Å². The summed E-state index contributed by atoms with van der Waals surface area (Å²) >= 11 is 0. The van der Waals surface area contributed by atoms with Gasteiger partial charge in [-0.05, 0) is 56.1 Å². The van der Waals surface area contributed by atoms with Crippen molar-refractivity contribution in [3.63, 3.8) is 0 Å². The van der Waals surface area contributed by atoms with E-state index in [1.165, 1.54) is 30.5 Å². The number of carbonyl (C=O) groups is 1. The largest absolute Gasteiger partial charge is 0.393 e. The van der Waals surface area contributed by atoms with Crippen LogP contribution in [-0.4, -0.2) is 36.9 Å². The third-order valence-corrected chi connectivity index (χ3v) is 5.43. The number of aliphatic hydroxyl groups excluding tert-OH is 1. The fourth-order valence-corrected chi connectivity index (χ4v) is 4.03. The molecule has 138 valence electrons. The minimum absolute atomic E-state index is 0.117. The van der Waals surface area contributed by atoms with Crippen molar-refractivity contribution in [2.24, 2.45) is 5.92 Å². The van der Waals surface area contributed by atoms with E-state index >= 15 is 0 Å². The SMILES string of the molecule is O=C(NCc1ccccc1N1CCCCC1)NC[C@H]1CCC[C@H](O)C1. The van der Waals surface area contributed by atoms with Crippen molar-refractivity contribution < 1.29 is 9.90 Å². The van der Waals surface area contributed by atoms with Gasteiger partial charge in [0.2, 0.25) is 0 Å². The lowest BCUT2D eigenvalue weighted by molar-refractivity contribution is 0.101. The highest BCUT2D eigenvalue weighted by Gasteiger charge is 2.20. The van der Waals surface area contributed by atoms with Crippen LogP contribution < -0.4 is 15.5 Å². The number of hydrogen-bond acceptors (Lipinski definition) is 3. The van der Waals surface area contributed by atoms with E-state index in [1.807, 2.05) is 6.07 Å². The number of nitrogens with zero attached hydrogens (tertiary/aromatic N) is 1. The van der Waals surface area contributed by atoms with Crippen molar-refractivity contribution in [3.8, 4) is 0 Å². The Bertz CT molecular complexity index is 558. The lowest BCUT2D eigenvalue weighted by atomic mass is 9.87. The van der Waals surface area contributed by atoms with Gasteiger partial charge < -0.3 is 20.6 Å². The predicted octanol–water partition coefficient (Wildman–Crippen LogP) is 3.03. The monoisotopic (exact) mass is 345 g/mol. The van der Waals surface area contributed by atoms with Crippen molar-refractivity contribution in [2.45, 2.75) is 57.6 Å². The first kappa shape index (κ1) is 18.1. The lowest BCUT2D eigenvalue weighted by Gasteiger charge is -2.30. The average Bonchev–Trinajstić information content (AvgIpc) is 2.66. The fourth-order valence-electron chi connectivity index (χ4n) is 4.03. The molecule has 0 unspecified atom stereocenters. The Morgan fingerprint density at radius 3 is 2.68 bits per heavy atom. The molecule has 3 rings (SSSR count). The van der Waals surface area contributed by atoms with Gasteiger partial charge in [0, 0.05) is 31.9 Å². The van der Waals surface area contributed by atoms with Crippen LogP contribution in [0.25, 0.3) is 0 Å². The second kappa shape index (κ2) is 9.09. The molecule has 0 spiro atoms. The highest BCUT2D eigenvalue weighted by Crippen LogP contribution is 2.24. The van der Waals surface area contributed by atoms with E-state index in [-0.39, 0.29) is 12.1 Å². The topological polar surface area (TPSA) is 64.6 Å². The summed E-state index contributed by atoms with van der Waals surface area (Å²) < 4.78 is 0. The summed E-state index contributed by atoms with van der Waals surface area (Å²) in [5.74, 6) is 0.398. The summed E-state index contributed by atoms with van der Waals surface area (Å²) in [6, 6.07) is 8.24. The Labute approximate surface area is 150 Å². The number of piperidine rings is 1. The normalized spacial score (nSPS) is 24.0. The lowest BCUT2D eigenvalue weighted by Crippen LogP contribution is -2.39. The first-order valence-electron chi connectivity index (χ1n) is 9.75. The van der Waals surface area contributed by atoms with E-state index in [0.29, 0.717) is 19.0 Å². The van der Waals surface area contributed by atoms with E-state index in [1.54, 1.807) is 0 Å². The number of rotatable bonds is 5. The van der Waals surface area contributed by atoms with Gasteiger partial charge in [-0.3, -0.25) is 0 Å². The number of carbonyl (C=O) groups excluding carboxylic acids is 1. The molecule has 2 atom stereocenters. The van der Waals surface area contributed by atoms with Crippen LogP contribution in [0.4, 0.5) is 10.5 Å². The first-order valence-corrected chi connectivity index (χ1v) is 9.75. The molecule has 0 aromatic heterocycles. The number of benzene rings is 1. The molecule has 1 aliphatic carbocycles. The Hall–Kier alpha value is -1.75. The molecular weight excluding hydrogens is 314 g/mol. The van der Waals surface area contributed by atoms with Gasteiger partial charge in [0.1, 0.15) is 0 Å². The second-order valence-corrected chi connectivity index (χ2v) is 7.43. The molecule has 5 nitrogen and oxygen atoms in total. The van der Waals surface area contributed by atoms with Crippen molar-refractivity contribution in [2.75, 3.05) is 24.5 Å². The molecule has 2 amide bonds. The summed E-state index contributed by atoms with van der Waals surface area (Å²) in [5.41, 5.74) is 2.42. The molecule has 2 aliphatic rings. The van der Waals surface area contributed by atoms with Crippen molar-refractivity contribution in [3.05, 3.63) is 29.8 Å². The van der Waals surface area contributed by atoms with Crippen molar-refractivity contribution in [1.29, 1.82) is 0 Å². The van der Waals surface area contributed by atoms with Crippen LogP contribution in [-0.2, 0) is 6.54 Å². The number of anilines is 1. The molecule has 1 aliphatic heterocycles. The molecule has 1 aromatic rings. The van der Waals surface area contributed by atoms with Gasteiger partial charge in [0.25, 0.3) is 0 Å². The molecule has 1 saturated carbocycles. The molecule has 2 fully saturated rings. The zero-order valence-corrected chi connectivity index (χ0v) is 15.0. The first-order chi connectivity index (χ1) is 12.2. The molecule has 0 bridgehead atoms. The van der Waals surface area contributed by atoms with Gasteiger partial charge in [0.15, 0.2) is 0 Å². The molecular formula is C20H31N3O2. The second-order valence-electron chi connectivity index (χ2n) is 7.43. The van der Waals surface area contributed by atoms with Gasteiger partial charge >= 0.3 is 6.03 Å². The molecule has 5 heteroatoms. The minimum atomic E-state index is -0.194. The van der Waals surface area contributed by atoms with Crippen LogP contribution in [0.3, 0.4) is 0 Å². The number of para-hydroxylation sites is 1. The molecule has 1 saturated heterocycles. The maximum atomic E-state index is 12.1. The summed E-state index contributed by atoms with van der Waals surface area (Å²) in [7, 11) is 0. The zero-order valence-electron chi connectivity index (χ0n) is 15.0. The third kappa shape index (κ3) is 5.36. The highest BCUT2D eigenvalue weighted by atomic mass is 16.3. The van der Waals surface area contributed by atoms with Crippen LogP contribution in [0.1, 0.15) is 50.5 Å². The summed E-state index contributed by atoms with van der Waals surface area (Å²) in [6.45, 7) is 3.41. The summed E-state index contributed by atoms with van der Waals surface area (Å²) in [6.07, 6.45) is 7.46. The van der Waals surface area contributed by atoms with E-state index in [4.69, 9.17) is 0 Å². The number of aliphatic hydroxyl groups is 1. The van der Waals surface area contributed by atoms with Crippen LogP contribution in [0, 0.1) is 5.92 Å². The van der Waals surface area contributed by atoms with E-state index < -0.39 is 0 Å². The minimum Gasteiger partial charge on any atom is -0.393 e. The van der Waals surface area contributed by atoms with Crippen molar-refractivity contribution in [1.82, 2.24) is 10.6 Å². The molecule has 1 heterocycles. The summed E-state index contributed by atoms with van der Waals surface area (Å²) in [4.78, 5) is 14.6. The van der Waals surface area contributed by atoms with Crippen LogP contribution in [0.5, 0.6) is 0 Å². The van der Waals surface area contributed by atoms with Gasteiger partial charge in [-0.2, -0.15) is 0 Å². The highest BCUT2D eigenvalue weighted by molar-refractivity contribution is 5.74. The van der Waals surface area contributed by atoms with Gasteiger partial charge in [0.05, 0.1) is 6.10 Å². The molecule has 0 radical (unpaired) electrons. The molecule has 25 heavy (non-hydrogen) atoms.